The van der Waals surface area contributed by atoms with E-state index in [4.69, 9.17) is 0 Å². The molecule has 0 aromatic heterocycles. The number of Topliss-reactive ketones (excluding diaryl/α,β-unsaturated/α-hetero) is 1. The quantitative estimate of drug-likeness (QED) is 0.654. The van der Waals surface area contributed by atoms with E-state index < -0.39 is 16.1 Å². The molecule has 2 saturated heterocycles. The van der Waals surface area contributed by atoms with Gasteiger partial charge in [0.15, 0.2) is 5.78 Å². The van der Waals surface area contributed by atoms with Gasteiger partial charge >= 0.3 is 0 Å². The summed E-state index contributed by atoms with van der Waals surface area (Å²) in [7, 11) is -3.69. The zero-order chi connectivity index (χ0) is 21.9. The molecule has 2 aliphatic rings. The molecule has 0 radical (unpaired) electrons. The number of likely N-dealkylation sites (tertiary alicyclic amines) is 1. The van der Waals surface area contributed by atoms with E-state index in [9.17, 15) is 22.8 Å². The predicted octanol–water partition coefficient (Wildman–Crippen LogP) is 1.51. The SMILES string of the molecule is CCC(=O)N1CCCCC1C(=O)N1CCN(S(=O)(=O)c2ccc(C(C)=O)cc2)CC1. The zero-order valence-electron chi connectivity index (χ0n) is 17.5. The smallest absolute Gasteiger partial charge is 0.245 e. The summed E-state index contributed by atoms with van der Waals surface area (Å²) in [6.07, 6.45) is 2.85. The van der Waals surface area contributed by atoms with E-state index in [0.717, 1.165) is 12.8 Å². The Labute approximate surface area is 177 Å². The molecule has 30 heavy (non-hydrogen) atoms. The van der Waals surface area contributed by atoms with Crippen LogP contribution in [0.5, 0.6) is 0 Å². The van der Waals surface area contributed by atoms with Crippen LogP contribution in [-0.4, -0.2) is 78.9 Å². The molecule has 2 aliphatic heterocycles. The fourth-order valence-electron chi connectivity index (χ4n) is 4.06. The fourth-order valence-corrected chi connectivity index (χ4v) is 5.48. The van der Waals surface area contributed by atoms with Gasteiger partial charge in [0.2, 0.25) is 21.8 Å². The summed E-state index contributed by atoms with van der Waals surface area (Å²) in [4.78, 5) is 40.2. The summed E-state index contributed by atoms with van der Waals surface area (Å²) in [6.45, 7) is 4.84. The number of hydrogen-bond donors (Lipinski definition) is 0. The Morgan fingerprint density at radius 3 is 2.17 bits per heavy atom. The number of benzene rings is 1. The van der Waals surface area contributed by atoms with Crippen molar-refractivity contribution in [3.63, 3.8) is 0 Å². The van der Waals surface area contributed by atoms with Crippen LogP contribution in [0.2, 0.25) is 0 Å². The lowest BCUT2D eigenvalue weighted by atomic mass is 10.00. The van der Waals surface area contributed by atoms with Crippen molar-refractivity contribution in [1.29, 1.82) is 0 Å². The first kappa shape index (κ1) is 22.4. The maximum Gasteiger partial charge on any atom is 0.245 e. The molecule has 0 saturated carbocycles. The molecule has 0 spiro atoms. The highest BCUT2D eigenvalue weighted by atomic mass is 32.2. The number of carbonyl (C=O) groups excluding carboxylic acids is 3. The molecule has 9 heteroatoms. The van der Waals surface area contributed by atoms with Crippen LogP contribution in [-0.2, 0) is 19.6 Å². The lowest BCUT2D eigenvalue weighted by Gasteiger charge is -2.40. The van der Waals surface area contributed by atoms with Gasteiger partial charge in [-0.3, -0.25) is 14.4 Å². The van der Waals surface area contributed by atoms with Gasteiger partial charge in [-0.1, -0.05) is 19.1 Å². The van der Waals surface area contributed by atoms with Gasteiger partial charge in [0.25, 0.3) is 0 Å². The van der Waals surface area contributed by atoms with Crippen molar-refractivity contribution in [2.45, 2.75) is 50.5 Å². The van der Waals surface area contributed by atoms with E-state index >= 15 is 0 Å². The van der Waals surface area contributed by atoms with Crippen LogP contribution in [0.3, 0.4) is 0 Å². The third kappa shape index (κ3) is 4.57. The van der Waals surface area contributed by atoms with Crippen LogP contribution in [0.15, 0.2) is 29.2 Å². The average molecular weight is 436 g/mol. The first-order valence-electron chi connectivity index (χ1n) is 10.4. The van der Waals surface area contributed by atoms with Gasteiger partial charge in [-0.05, 0) is 38.3 Å². The van der Waals surface area contributed by atoms with Crippen LogP contribution in [0, 0.1) is 0 Å². The number of sulfonamides is 1. The van der Waals surface area contributed by atoms with Gasteiger partial charge < -0.3 is 9.80 Å². The molecule has 2 fully saturated rings. The summed E-state index contributed by atoms with van der Waals surface area (Å²) in [5, 5.41) is 0. The summed E-state index contributed by atoms with van der Waals surface area (Å²) in [6, 6.07) is 5.47. The summed E-state index contributed by atoms with van der Waals surface area (Å²) >= 11 is 0. The van der Waals surface area contributed by atoms with Gasteiger partial charge in [0, 0.05) is 44.7 Å². The molecule has 0 N–H and O–H groups in total. The minimum absolute atomic E-state index is 0.0109. The molecule has 1 atom stereocenters. The highest BCUT2D eigenvalue weighted by molar-refractivity contribution is 7.89. The Morgan fingerprint density at radius 1 is 0.967 bits per heavy atom. The molecule has 1 unspecified atom stereocenters. The van der Waals surface area contributed by atoms with Gasteiger partial charge in [-0.2, -0.15) is 4.31 Å². The van der Waals surface area contributed by atoms with Crippen LogP contribution < -0.4 is 0 Å². The molecule has 1 aromatic rings. The Bertz CT molecular complexity index is 905. The number of hydrogen-bond acceptors (Lipinski definition) is 5. The normalized spacial score (nSPS) is 20.8. The lowest BCUT2D eigenvalue weighted by Crippen LogP contribution is -2.57. The van der Waals surface area contributed by atoms with E-state index in [2.05, 4.69) is 0 Å². The van der Waals surface area contributed by atoms with E-state index in [1.54, 1.807) is 16.7 Å². The van der Waals surface area contributed by atoms with Crippen molar-refractivity contribution in [2.24, 2.45) is 0 Å². The summed E-state index contributed by atoms with van der Waals surface area (Å²) < 4.78 is 27.2. The van der Waals surface area contributed by atoms with Crippen molar-refractivity contribution < 1.29 is 22.8 Å². The number of piperidine rings is 1. The van der Waals surface area contributed by atoms with Crippen LogP contribution in [0.1, 0.15) is 49.9 Å². The number of rotatable bonds is 5. The van der Waals surface area contributed by atoms with E-state index in [1.807, 2.05) is 0 Å². The number of ketones is 1. The second-order valence-corrected chi connectivity index (χ2v) is 9.70. The summed E-state index contributed by atoms with van der Waals surface area (Å²) in [5.41, 5.74) is 0.461. The maximum absolute atomic E-state index is 13.0. The second kappa shape index (κ2) is 9.26. The van der Waals surface area contributed by atoms with Crippen molar-refractivity contribution in [3.8, 4) is 0 Å². The number of amides is 2. The van der Waals surface area contributed by atoms with E-state index in [1.165, 1.54) is 35.5 Å². The lowest BCUT2D eigenvalue weighted by molar-refractivity contribution is -0.148. The van der Waals surface area contributed by atoms with Crippen molar-refractivity contribution in [2.75, 3.05) is 32.7 Å². The number of nitrogens with zero attached hydrogens (tertiary/aromatic N) is 3. The first-order valence-corrected chi connectivity index (χ1v) is 11.9. The second-order valence-electron chi connectivity index (χ2n) is 7.76. The largest absolute Gasteiger partial charge is 0.338 e. The molecule has 2 heterocycles. The van der Waals surface area contributed by atoms with Gasteiger partial charge in [-0.25, -0.2) is 8.42 Å². The van der Waals surface area contributed by atoms with Gasteiger partial charge in [0.05, 0.1) is 4.90 Å². The van der Waals surface area contributed by atoms with Gasteiger partial charge in [0.1, 0.15) is 6.04 Å². The fraction of sp³-hybridized carbons (Fsp3) is 0.571. The van der Waals surface area contributed by atoms with Crippen LogP contribution >= 0.6 is 0 Å². The minimum Gasteiger partial charge on any atom is -0.338 e. The minimum atomic E-state index is -3.69. The van der Waals surface area contributed by atoms with Crippen LogP contribution in [0.4, 0.5) is 0 Å². The summed E-state index contributed by atoms with van der Waals surface area (Å²) in [5.74, 6) is -0.216. The average Bonchev–Trinajstić information content (AvgIpc) is 2.78. The highest BCUT2D eigenvalue weighted by Gasteiger charge is 2.37. The standard InChI is InChI=1S/C21H29N3O5S/c1-3-20(26)24-11-5-4-6-19(24)21(27)22-12-14-23(15-13-22)30(28,29)18-9-7-17(8-10-18)16(2)25/h7-10,19H,3-6,11-15H2,1-2H3. The first-order chi connectivity index (χ1) is 14.3. The van der Waals surface area contributed by atoms with Crippen LogP contribution in [0.25, 0.3) is 0 Å². The monoisotopic (exact) mass is 435 g/mol. The van der Waals surface area contributed by atoms with E-state index in [-0.39, 0.29) is 35.6 Å². The third-order valence-electron chi connectivity index (χ3n) is 5.86. The number of carbonyl (C=O) groups is 3. The Kier molecular flexibility index (Phi) is 6.92. The molecule has 0 bridgehead atoms. The predicted molar refractivity (Wildman–Crippen MR) is 111 cm³/mol. The Morgan fingerprint density at radius 2 is 1.60 bits per heavy atom. The molecule has 1 aromatic carbocycles. The number of piperazine rings is 1. The molecule has 3 rings (SSSR count). The molecule has 0 aliphatic carbocycles. The van der Waals surface area contributed by atoms with E-state index in [0.29, 0.717) is 38.0 Å². The molecule has 2 amide bonds. The third-order valence-corrected chi connectivity index (χ3v) is 7.77. The van der Waals surface area contributed by atoms with Crippen molar-refractivity contribution >= 4 is 27.6 Å². The zero-order valence-corrected chi connectivity index (χ0v) is 18.4. The molecule has 8 nitrogen and oxygen atoms in total. The molecular weight excluding hydrogens is 406 g/mol. The topological polar surface area (TPSA) is 95.1 Å². The molecule has 164 valence electrons. The maximum atomic E-state index is 13.0. The Balaban J connectivity index is 1.65. The van der Waals surface area contributed by atoms with Gasteiger partial charge in [-0.15, -0.1) is 0 Å². The highest BCUT2D eigenvalue weighted by Crippen LogP contribution is 2.23. The molecular formula is C21H29N3O5S. The van der Waals surface area contributed by atoms with Crippen molar-refractivity contribution in [3.05, 3.63) is 29.8 Å². The van der Waals surface area contributed by atoms with Crippen molar-refractivity contribution in [1.82, 2.24) is 14.1 Å². The Hall–Kier alpha value is -2.26.